The van der Waals surface area contributed by atoms with Crippen molar-refractivity contribution < 1.29 is 18.7 Å². The van der Waals surface area contributed by atoms with Crippen molar-refractivity contribution in [3.63, 3.8) is 0 Å². The number of anilines is 1. The van der Waals surface area contributed by atoms with Crippen molar-refractivity contribution in [2.75, 3.05) is 18.4 Å². The molecule has 3 aromatic rings. The van der Waals surface area contributed by atoms with Crippen molar-refractivity contribution in [2.45, 2.75) is 51.9 Å². The van der Waals surface area contributed by atoms with Gasteiger partial charge in [-0.1, -0.05) is 23.5 Å². The third kappa shape index (κ3) is 5.77. The van der Waals surface area contributed by atoms with Gasteiger partial charge in [0.2, 0.25) is 0 Å². The van der Waals surface area contributed by atoms with Crippen molar-refractivity contribution in [1.82, 2.24) is 25.4 Å². The number of ether oxygens (including phenoxy) is 1. The van der Waals surface area contributed by atoms with Gasteiger partial charge in [-0.15, -0.1) is 10.2 Å². The number of benzene rings is 1. The normalized spacial score (nSPS) is 18.6. The lowest BCUT2D eigenvalue weighted by atomic mass is 10.0. The Morgan fingerprint density at radius 3 is 2.68 bits per heavy atom. The van der Waals surface area contributed by atoms with Gasteiger partial charge in [0.1, 0.15) is 27.6 Å². The fourth-order valence-electron chi connectivity index (χ4n) is 3.66. The first-order valence-electron chi connectivity index (χ1n) is 11.0. The minimum atomic E-state index is -1.41. The number of piperidine rings is 1. The molecule has 0 saturated carbocycles. The quantitative estimate of drug-likeness (QED) is 0.563. The predicted molar refractivity (Wildman–Crippen MR) is 129 cm³/mol. The maximum Gasteiger partial charge on any atom is 0.407 e. The third-order valence-corrected chi connectivity index (χ3v) is 6.15. The van der Waals surface area contributed by atoms with Crippen molar-refractivity contribution in [3.05, 3.63) is 35.5 Å². The summed E-state index contributed by atoms with van der Waals surface area (Å²) in [4.78, 5) is 30.4. The number of hydrogen-bond donors (Lipinski definition) is 2. The van der Waals surface area contributed by atoms with Crippen LogP contribution in [0.3, 0.4) is 0 Å². The van der Waals surface area contributed by atoms with Gasteiger partial charge in [0, 0.05) is 23.7 Å². The molecular weight excluding hydrogens is 459 g/mol. The molecule has 1 aromatic carbocycles. The van der Waals surface area contributed by atoms with Gasteiger partial charge in [-0.05, 0) is 51.6 Å². The van der Waals surface area contributed by atoms with E-state index in [9.17, 15) is 14.0 Å². The summed E-state index contributed by atoms with van der Waals surface area (Å²) in [6.07, 6.45) is -0.116. The van der Waals surface area contributed by atoms with Gasteiger partial charge >= 0.3 is 12.1 Å². The van der Waals surface area contributed by atoms with E-state index in [0.717, 1.165) is 26.4 Å². The van der Waals surface area contributed by atoms with Crippen LogP contribution in [0.25, 0.3) is 21.3 Å². The zero-order valence-corrected chi connectivity index (χ0v) is 20.3. The largest absolute Gasteiger partial charge is 0.444 e. The zero-order chi connectivity index (χ0) is 24.5. The van der Waals surface area contributed by atoms with E-state index in [4.69, 9.17) is 4.74 Å². The number of carbonyl (C=O) groups is 2. The number of nitrogens with zero attached hydrogens (tertiary/aromatic N) is 4. The molecule has 9 nitrogen and oxygen atoms in total. The number of aromatic nitrogens is 3. The van der Waals surface area contributed by atoms with Crippen LogP contribution in [0, 0.1) is 6.92 Å². The Morgan fingerprint density at radius 1 is 1.21 bits per heavy atom. The van der Waals surface area contributed by atoms with E-state index in [1.54, 1.807) is 33.0 Å². The third-order valence-electron chi connectivity index (χ3n) is 5.26. The average Bonchev–Trinajstić information content (AvgIpc) is 3.19. The van der Waals surface area contributed by atoms with E-state index < -0.39 is 29.9 Å². The highest BCUT2D eigenvalue weighted by Gasteiger charge is 2.33. The molecule has 2 atom stereocenters. The molecule has 1 saturated heterocycles. The molecule has 3 amide bonds. The van der Waals surface area contributed by atoms with Crippen LogP contribution >= 0.6 is 11.3 Å². The number of alkyl carbamates (subject to hydrolysis) is 1. The Morgan fingerprint density at radius 2 is 2.00 bits per heavy atom. The van der Waals surface area contributed by atoms with Crippen LogP contribution in [0.1, 0.15) is 32.2 Å². The lowest BCUT2D eigenvalue weighted by Crippen LogP contribution is -2.55. The number of rotatable bonds is 3. The van der Waals surface area contributed by atoms with Gasteiger partial charge < -0.3 is 15.0 Å². The summed E-state index contributed by atoms with van der Waals surface area (Å²) in [5, 5.41) is 17.0. The molecule has 1 aliphatic rings. The number of hydrogen-bond acceptors (Lipinski definition) is 7. The second-order valence-corrected chi connectivity index (χ2v) is 10.4. The van der Waals surface area contributed by atoms with Gasteiger partial charge in [0.15, 0.2) is 0 Å². The minimum absolute atomic E-state index is 0.138. The van der Waals surface area contributed by atoms with Gasteiger partial charge in [0.25, 0.3) is 0 Å². The smallest absolute Gasteiger partial charge is 0.407 e. The van der Waals surface area contributed by atoms with Crippen LogP contribution in [0.15, 0.2) is 30.5 Å². The van der Waals surface area contributed by atoms with Gasteiger partial charge in [-0.25, -0.2) is 19.0 Å². The fraction of sp³-hybridized carbons (Fsp3) is 0.435. The molecule has 4 rings (SSSR count). The van der Waals surface area contributed by atoms with E-state index in [2.05, 4.69) is 25.8 Å². The van der Waals surface area contributed by atoms with E-state index in [0.29, 0.717) is 12.4 Å². The molecule has 0 radical (unpaired) electrons. The van der Waals surface area contributed by atoms with E-state index in [1.807, 2.05) is 25.1 Å². The summed E-state index contributed by atoms with van der Waals surface area (Å²) in [5.74, 6) is 0.368. The molecule has 2 N–H and O–H groups in total. The predicted octanol–water partition coefficient (Wildman–Crippen LogP) is 4.53. The van der Waals surface area contributed by atoms with Gasteiger partial charge in [-0.2, -0.15) is 0 Å². The number of aryl methyl sites for hydroxylation is 1. The van der Waals surface area contributed by atoms with Crippen LogP contribution in [0.5, 0.6) is 0 Å². The van der Waals surface area contributed by atoms with Crippen molar-refractivity contribution in [2.24, 2.45) is 0 Å². The van der Waals surface area contributed by atoms with E-state index in [-0.39, 0.29) is 13.0 Å². The highest BCUT2D eigenvalue weighted by Crippen LogP contribution is 2.27. The molecule has 1 aliphatic heterocycles. The topological polar surface area (TPSA) is 109 Å². The molecule has 0 unspecified atom stereocenters. The Hall–Kier alpha value is -3.34. The maximum absolute atomic E-state index is 14.7. The van der Waals surface area contributed by atoms with E-state index in [1.165, 1.54) is 16.2 Å². The molecule has 0 bridgehead atoms. The first kappa shape index (κ1) is 23.8. The molecule has 2 aromatic heterocycles. The molecule has 1 fully saturated rings. The molecular formula is C23H27FN6O3S. The number of halogens is 1. The van der Waals surface area contributed by atoms with Crippen molar-refractivity contribution in [1.29, 1.82) is 0 Å². The maximum atomic E-state index is 14.7. The summed E-state index contributed by atoms with van der Waals surface area (Å²) in [6, 6.07) is 6.49. The molecule has 0 aliphatic carbocycles. The highest BCUT2D eigenvalue weighted by atomic mass is 32.1. The Bertz CT molecular complexity index is 1210. The van der Waals surface area contributed by atoms with Crippen LogP contribution in [0.4, 0.5) is 19.8 Å². The highest BCUT2D eigenvalue weighted by molar-refractivity contribution is 7.14. The van der Waals surface area contributed by atoms with Crippen molar-refractivity contribution in [3.8, 4) is 10.6 Å². The van der Waals surface area contributed by atoms with Gasteiger partial charge in [-0.3, -0.25) is 5.32 Å². The summed E-state index contributed by atoms with van der Waals surface area (Å²) < 4.78 is 19.9. The summed E-state index contributed by atoms with van der Waals surface area (Å²) in [5.41, 5.74) is 0.265. The zero-order valence-electron chi connectivity index (χ0n) is 19.5. The summed E-state index contributed by atoms with van der Waals surface area (Å²) >= 11 is 1.51. The first-order chi connectivity index (χ1) is 16.1. The molecule has 180 valence electrons. The summed E-state index contributed by atoms with van der Waals surface area (Å²) in [7, 11) is 0. The van der Waals surface area contributed by atoms with Crippen LogP contribution in [-0.2, 0) is 4.74 Å². The lowest BCUT2D eigenvalue weighted by Gasteiger charge is -2.35. The summed E-state index contributed by atoms with van der Waals surface area (Å²) in [6.45, 7) is 7.28. The van der Waals surface area contributed by atoms with Crippen LogP contribution in [-0.4, -0.2) is 63.1 Å². The molecule has 0 spiro atoms. The second-order valence-electron chi connectivity index (χ2n) is 9.19. The number of likely N-dealkylation sites (tertiary alicyclic amines) is 1. The number of alkyl halides is 1. The Labute approximate surface area is 200 Å². The van der Waals surface area contributed by atoms with Crippen molar-refractivity contribution >= 4 is 40.1 Å². The average molecular weight is 487 g/mol. The number of fused-ring (bicyclic) bond motifs is 1. The number of carbonyl (C=O) groups excluding carboxylic acids is 2. The number of nitrogens with one attached hydrogen (secondary N) is 2. The monoisotopic (exact) mass is 486 g/mol. The second kappa shape index (κ2) is 9.49. The number of pyridine rings is 1. The Balaban J connectivity index is 1.38. The Kier molecular flexibility index (Phi) is 6.65. The SMILES string of the molecule is Cc1nnc(-c2ccc3cnc(NC(=O)N4CC[C@H](NC(=O)OC(C)(C)C)[C@@H](F)C4)cc3c2)s1. The number of amides is 3. The molecule has 11 heteroatoms. The molecule has 3 heterocycles. The first-order valence-corrected chi connectivity index (χ1v) is 11.8. The number of urea groups is 1. The van der Waals surface area contributed by atoms with E-state index >= 15 is 0 Å². The lowest BCUT2D eigenvalue weighted by molar-refractivity contribution is 0.0425. The van der Waals surface area contributed by atoms with Gasteiger partial charge in [0.05, 0.1) is 12.6 Å². The van der Waals surface area contributed by atoms with Crippen LogP contribution in [0.2, 0.25) is 0 Å². The standard InChI is InChI=1S/C23H27FN6O3S/c1-13-28-29-20(34-13)14-5-6-15-11-25-19(10-16(15)9-14)27-21(31)30-8-7-18(17(24)12-30)26-22(32)33-23(2,3)4/h5-6,9-11,17-18H,7-8,12H2,1-4H3,(H,26,32)(H,25,27,31)/t17-,18-/m0/s1. The molecule has 34 heavy (non-hydrogen) atoms. The fourth-order valence-corrected chi connectivity index (χ4v) is 4.34. The van der Waals surface area contributed by atoms with Crippen LogP contribution < -0.4 is 10.6 Å². The minimum Gasteiger partial charge on any atom is -0.444 e.